The van der Waals surface area contributed by atoms with Crippen LogP contribution >= 0.6 is 0 Å². The van der Waals surface area contributed by atoms with Gasteiger partial charge in [0.25, 0.3) is 5.91 Å². The first-order valence-electron chi connectivity index (χ1n) is 9.19. The average molecular weight is 340 g/mol. The van der Waals surface area contributed by atoms with Crippen LogP contribution in [-0.2, 0) is 4.79 Å². The van der Waals surface area contributed by atoms with E-state index in [1.807, 2.05) is 36.5 Å². The first-order valence-corrected chi connectivity index (χ1v) is 9.19. The highest BCUT2D eigenvalue weighted by Gasteiger charge is 2.23. The van der Waals surface area contributed by atoms with Crippen LogP contribution in [0.4, 0.5) is 0 Å². The molecule has 134 valence electrons. The molecule has 0 aromatic heterocycles. The fourth-order valence-electron chi connectivity index (χ4n) is 2.91. The van der Waals surface area contributed by atoms with Gasteiger partial charge in [-0.05, 0) is 37.1 Å². The van der Waals surface area contributed by atoms with Crippen molar-refractivity contribution in [1.82, 2.24) is 15.5 Å². The maximum absolute atomic E-state index is 12.4. The Morgan fingerprint density at radius 1 is 1.28 bits per heavy atom. The van der Waals surface area contributed by atoms with E-state index in [9.17, 15) is 4.79 Å². The number of nitrogens with zero attached hydrogens (tertiary/aromatic N) is 2. The fraction of sp³-hybridized carbons (Fsp3) is 0.500. The predicted molar refractivity (Wildman–Crippen MR) is 100 cm³/mol. The number of nitriles is 1. The lowest BCUT2D eigenvalue weighted by Gasteiger charge is -2.13. The van der Waals surface area contributed by atoms with E-state index in [2.05, 4.69) is 23.8 Å². The van der Waals surface area contributed by atoms with Gasteiger partial charge in [-0.2, -0.15) is 5.26 Å². The Morgan fingerprint density at radius 2 is 2.12 bits per heavy atom. The van der Waals surface area contributed by atoms with Crippen LogP contribution in [0.15, 0.2) is 47.7 Å². The van der Waals surface area contributed by atoms with Crippen molar-refractivity contribution in [3.05, 3.63) is 47.7 Å². The number of rotatable bonds is 8. The van der Waals surface area contributed by atoms with Crippen molar-refractivity contribution in [2.45, 2.75) is 45.1 Å². The summed E-state index contributed by atoms with van der Waals surface area (Å²) in [5.74, 6) is -0.0879. The van der Waals surface area contributed by atoms with Gasteiger partial charge in [0.05, 0.1) is 0 Å². The highest BCUT2D eigenvalue weighted by atomic mass is 16.1. The van der Waals surface area contributed by atoms with Crippen LogP contribution in [0.1, 0.15) is 39.0 Å². The Kier molecular flexibility index (Phi) is 7.84. The first-order chi connectivity index (χ1) is 12.2. The van der Waals surface area contributed by atoms with Crippen LogP contribution in [0, 0.1) is 11.5 Å². The highest BCUT2D eigenvalue weighted by Crippen LogP contribution is 2.10. The van der Waals surface area contributed by atoms with Gasteiger partial charge in [0, 0.05) is 36.9 Å². The topological polar surface area (TPSA) is 68.2 Å². The molecule has 0 radical (unpaired) electrons. The minimum atomic E-state index is -0.0879. The molecule has 0 unspecified atom stereocenters. The van der Waals surface area contributed by atoms with Gasteiger partial charge in [0.2, 0.25) is 0 Å². The van der Waals surface area contributed by atoms with Crippen molar-refractivity contribution in [3.8, 4) is 6.19 Å². The largest absolute Gasteiger partial charge is 0.385 e. The SMILES string of the molecule is CCCCCCNC1=C/C=C\C(C(=O)N[C@@H]2CCN(C#N)C2)=C/C=C1. The molecule has 1 atom stereocenters. The Bertz CT molecular complexity index is 610. The van der Waals surface area contributed by atoms with Crippen LogP contribution in [0.2, 0.25) is 0 Å². The summed E-state index contributed by atoms with van der Waals surface area (Å²) in [6, 6.07) is 0.0479. The van der Waals surface area contributed by atoms with Gasteiger partial charge in [0.1, 0.15) is 0 Å². The van der Waals surface area contributed by atoms with Crippen molar-refractivity contribution >= 4 is 5.91 Å². The van der Waals surface area contributed by atoms with Crippen LogP contribution in [0.3, 0.4) is 0 Å². The monoisotopic (exact) mass is 340 g/mol. The van der Waals surface area contributed by atoms with Crippen molar-refractivity contribution in [1.29, 1.82) is 5.26 Å². The number of hydrogen-bond acceptors (Lipinski definition) is 4. The second-order valence-corrected chi connectivity index (χ2v) is 6.45. The molecule has 1 amide bonds. The molecular formula is C20H28N4O. The predicted octanol–water partition coefficient (Wildman–Crippen LogP) is 2.76. The molecule has 1 aliphatic carbocycles. The molecule has 2 rings (SSSR count). The van der Waals surface area contributed by atoms with Crippen LogP contribution in [0.25, 0.3) is 0 Å². The first kappa shape index (κ1) is 18.9. The third-order valence-corrected chi connectivity index (χ3v) is 4.39. The molecule has 1 heterocycles. The van der Waals surface area contributed by atoms with Crippen molar-refractivity contribution in [2.75, 3.05) is 19.6 Å². The van der Waals surface area contributed by atoms with Gasteiger partial charge < -0.3 is 15.5 Å². The molecule has 1 saturated heterocycles. The summed E-state index contributed by atoms with van der Waals surface area (Å²) >= 11 is 0. The lowest BCUT2D eigenvalue weighted by Crippen LogP contribution is -2.37. The van der Waals surface area contributed by atoms with Gasteiger partial charge in [-0.3, -0.25) is 4.79 Å². The number of hydrogen-bond donors (Lipinski definition) is 2. The maximum atomic E-state index is 12.4. The zero-order chi connectivity index (χ0) is 17.9. The minimum Gasteiger partial charge on any atom is -0.385 e. The van der Waals surface area contributed by atoms with E-state index in [1.165, 1.54) is 25.7 Å². The van der Waals surface area contributed by atoms with E-state index in [4.69, 9.17) is 5.26 Å². The van der Waals surface area contributed by atoms with E-state index >= 15 is 0 Å². The minimum absolute atomic E-state index is 0.0479. The molecule has 2 aliphatic rings. The quantitative estimate of drug-likeness (QED) is 0.527. The Labute approximate surface area is 150 Å². The Balaban J connectivity index is 1.79. The summed E-state index contributed by atoms with van der Waals surface area (Å²) in [6.07, 6.45) is 19.3. The number of carbonyl (C=O) groups is 1. The standard InChI is InChI=1S/C20H28N4O/c1-2-3-4-5-13-22-18-10-6-8-17(9-7-11-18)20(25)23-19-12-14-24(15-19)16-21/h6-11,19,22H,2-5,12-15H2,1H3,(H,23,25)/b8-6-,9-7?,10-6?,11-7?,17-8?,17-9+,18-10?,18-11?/t19-/m1/s1. The summed E-state index contributed by atoms with van der Waals surface area (Å²) in [7, 11) is 0. The van der Waals surface area contributed by atoms with Crippen LogP contribution in [-0.4, -0.2) is 36.5 Å². The molecular weight excluding hydrogens is 312 g/mol. The van der Waals surface area contributed by atoms with Gasteiger partial charge in [0.15, 0.2) is 6.19 Å². The number of carbonyl (C=O) groups excluding carboxylic acids is 1. The fourth-order valence-corrected chi connectivity index (χ4v) is 2.91. The Morgan fingerprint density at radius 3 is 2.88 bits per heavy atom. The second kappa shape index (κ2) is 10.4. The summed E-state index contributed by atoms with van der Waals surface area (Å²) < 4.78 is 0. The molecule has 0 spiro atoms. The normalized spacial score (nSPS) is 22.9. The molecule has 0 aromatic rings. The van der Waals surface area contributed by atoms with Crippen LogP contribution in [0.5, 0.6) is 0 Å². The number of likely N-dealkylation sites (tertiary alicyclic amines) is 1. The molecule has 5 nitrogen and oxygen atoms in total. The molecule has 5 heteroatoms. The molecule has 25 heavy (non-hydrogen) atoms. The molecule has 0 aromatic carbocycles. The molecule has 2 N–H and O–H groups in total. The lowest BCUT2D eigenvalue weighted by atomic mass is 10.1. The number of allylic oxidation sites excluding steroid dienone is 5. The number of nitrogens with one attached hydrogen (secondary N) is 2. The third kappa shape index (κ3) is 6.50. The van der Waals surface area contributed by atoms with E-state index in [0.29, 0.717) is 18.7 Å². The average Bonchev–Trinajstić information content (AvgIpc) is 3.03. The van der Waals surface area contributed by atoms with Crippen LogP contribution < -0.4 is 10.6 Å². The van der Waals surface area contributed by atoms with Gasteiger partial charge in [-0.1, -0.05) is 38.3 Å². The Hall–Kier alpha value is -2.48. The van der Waals surface area contributed by atoms with Crippen molar-refractivity contribution < 1.29 is 4.79 Å². The smallest absolute Gasteiger partial charge is 0.251 e. The van der Waals surface area contributed by atoms with E-state index in [0.717, 1.165) is 18.7 Å². The summed E-state index contributed by atoms with van der Waals surface area (Å²) in [4.78, 5) is 14.0. The van der Waals surface area contributed by atoms with Gasteiger partial charge in [-0.25, -0.2) is 0 Å². The molecule has 0 bridgehead atoms. The van der Waals surface area contributed by atoms with Crippen molar-refractivity contribution in [3.63, 3.8) is 0 Å². The van der Waals surface area contributed by atoms with Crippen molar-refractivity contribution in [2.24, 2.45) is 0 Å². The number of unbranched alkanes of at least 4 members (excludes halogenated alkanes) is 3. The second-order valence-electron chi connectivity index (χ2n) is 6.45. The van der Waals surface area contributed by atoms with E-state index in [1.54, 1.807) is 4.90 Å². The number of amides is 1. The molecule has 0 saturated carbocycles. The summed E-state index contributed by atoms with van der Waals surface area (Å²) in [6.45, 7) is 4.50. The zero-order valence-corrected chi connectivity index (χ0v) is 15.0. The van der Waals surface area contributed by atoms with Gasteiger partial charge in [-0.15, -0.1) is 0 Å². The zero-order valence-electron chi connectivity index (χ0n) is 15.0. The maximum Gasteiger partial charge on any atom is 0.251 e. The molecule has 1 aliphatic heterocycles. The highest BCUT2D eigenvalue weighted by molar-refractivity contribution is 5.96. The summed E-state index contributed by atoms with van der Waals surface area (Å²) in [5, 5.41) is 15.3. The lowest BCUT2D eigenvalue weighted by molar-refractivity contribution is -0.117. The molecule has 1 fully saturated rings. The van der Waals surface area contributed by atoms with Gasteiger partial charge >= 0.3 is 0 Å². The van der Waals surface area contributed by atoms with E-state index in [-0.39, 0.29) is 11.9 Å². The summed E-state index contributed by atoms with van der Waals surface area (Å²) in [5.41, 5.74) is 1.69. The van der Waals surface area contributed by atoms with E-state index < -0.39 is 0 Å². The third-order valence-electron chi connectivity index (χ3n) is 4.39.